The van der Waals surface area contributed by atoms with Crippen LogP contribution in [0.15, 0.2) is 65.6 Å². The van der Waals surface area contributed by atoms with Crippen molar-refractivity contribution in [3.05, 3.63) is 92.0 Å². The fourth-order valence-corrected chi connectivity index (χ4v) is 6.27. The van der Waals surface area contributed by atoms with Gasteiger partial charge in [-0.25, -0.2) is 8.42 Å². The highest BCUT2D eigenvalue weighted by atomic mass is 35.5. The van der Waals surface area contributed by atoms with Gasteiger partial charge in [0, 0.05) is 34.8 Å². The molecule has 43 heavy (non-hydrogen) atoms. The minimum Gasteiger partial charge on any atom is -0.495 e. The van der Waals surface area contributed by atoms with Crippen molar-refractivity contribution in [3.8, 4) is 5.75 Å². The second-order valence-corrected chi connectivity index (χ2v) is 12.2. The molecule has 11 nitrogen and oxygen atoms in total. The zero-order valence-electron chi connectivity index (χ0n) is 24.0. The van der Waals surface area contributed by atoms with E-state index in [1.54, 1.807) is 38.1 Å². The monoisotopic (exact) mass is 650 g/mol. The number of nitro groups is 1. The molecule has 0 unspecified atom stereocenters. The number of rotatable bonds is 13. The third kappa shape index (κ3) is 7.75. The number of sulfonamides is 1. The van der Waals surface area contributed by atoms with Crippen LogP contribution in [0.4, 0.5) is 11.4 Å². The number of amides is 2. The molecule has 0 aromatic heterocycles. The molecule has 3 aromatic rings. The fourth-order valence-electron chi connectivity index (χ4n) is 4.47. The number of halogens is 2. The quantitative estimate of drug-likeness (QED) is 0.194. The van der Waals surface area contributed by atoms with E-state index in [1.165, 1.54) is 49.3 Å². The van der Waals surface area contributed by atoms with Gasteiger partial charge < -0.3 is 15.0 Å². The van der Waals surface area contributed by atoms with E-state index >= 15 is 0 Å². The molecule has 0 aliphatic carbocycles. The molecule has 3 aromatic carbocycles. The maximum atomic E-state index is 14.2. The molecule has 0 saturated carbocycles. The van der Waals surface area contributed by atoms with Gasteiger partial charge in [0.05, 0.1) is 22.6 Å². The zero-order valence-corrected chi connectivity index (χ0v) is 26.4. The van der Waals surface area contributed by atoms with E-state index in [0.717, 1.165) is 10.4 Å². The average Bonchev–Trinajstić information content (AvgIpc) is 2.96. The van der Waals surface area contributed by atoms with Gasteiger partial charge in [-0.3, -0.25) is 24.0 Å². The molecule has 0 radical (unpaired) electrons. The van der Waals surface area contributed by atoms with E-state index < -0.39 is 49.9 Å². The Bertz CT molecular complexity index is 1620. The molecule has 14 heteroatoms. The molecule has 2 amide bonds. The molecule has 3 rings (SSSR count). The first kappa shape index (κ1) is 33.6. The molecule has 0 spiro atoms. The molecule has 230 valence electrons. The minimum absolute atomic E-state index is 0.0738. The van der Waals surface area contributed by atoms with Gasteiger partial charge in [0.1, 0.15) is 18.3 Å². The normalized spacial score (nSPS) is 11.9. The maximum absolute atomic E-state index is 14.2. The second kappa shape index (κ2) is 14.5. The van der Waals surface area contributed by atoms with Crippen molar-refractivity contribution in [2.45, 2.75) is 44.7 Å². The smallest absolute Gasteiger partial charge is 0.273 e. The summed E-state index contributed by atoms with van der Waals surface area (Å²) in [6, 6.07) is 13.5. The van der Waals surface area contributed by atoms with Gasteiger partial charge in [-0.15, -0.1) is 0 Å². The number of carbonyl (C=O) groups is 2. The number of benzene rings is 3. The Kier molecular flexibility index (Phi) is 11.4. The van der Waals surface area contributed by atoms with Gasteiger partial charge in [-0.1, -0.05) is 54.4 Å². The molecule has 1 N–H and O–H groups in total. The first-order chi connectivity index (χ1) is 20.3. The van der Waals surface area contributed by atoms with Crippen molar-refractivity contribution < 1.29 is 27.7 Å². The van der Waals surface area contributed by atoms with Gasteiger partial charge in [0.25, 0.3) is 15.7 Å². The summed E-state index contributed by atoms with van der Waals surface area (Å²) in [6.45, 7) is 4.38. The summed E-state index contributed by atoms with van der Waals surface area (Å²) in [5.41, 5.74) is 0.318. The Morgan fingerprint density at radius 3 is 2.37 bits per heavy atom. The highest BCUT2D eigenvalue weighted by molar-refractivity contribution is 7.92. The number of ether oxygens (including phenoxy) is 1. The summed E-state index contributed by atoms with van der Waals surface area (Å²) in [7, 11) is -3.31. The Balaban J connectivity index is 2.20. The topological polar surface area (TPSA) is 139 Å². The van der Waals surface area contributed by atoms with E-state index in [1.807, 2.05) is 0 Å². The molecule has 0 saturated heterocycles. The lowest BCUT2D eigenvalue weighted by molar-refractivity contribution is -0.385. The lowest BCUT2D eigenvalue weighted by atomic mass is 10.1. The molecule has 0 aliphatic rings. The Labute approximate surface area is 260 Å². The lowest BCUT2D eigenvalue weighted by Gasteiger charge is -2.33. The largest absolute Gasteiger partial charge is 0.495 e. The van der Waals surface area contributed by atoms with Crippen molar-refractivity contribution in [1.82, 2.24) is 10.2 Å². The van der Waals surface area contributed by atoms with Gasteiger partial charge in [-0.2, -0.15) is 0 Å². The standard InChI is InChI=1S/C29H32Cl2N4O7S/c1-5-24(29(37)32-6-2)33(17-20-9-7-8-10-23(20)31)28(36)18-34(26-15-21(30)12-14-27(26)42-4)43(40,41)22-13-11-19(3)25(16-22)35(38)39/h7-16,24H,5-6,17-18H2,1-4H3,(H,32,37)/t24-/m0/s1. The summed E-state index contributed by atoms with van der Waals surface area (Å²) in [5, 5.41) is 14.9. The van der Waals surface area contributed by atoms with Gasteiger partial charge in [0.2, 0.25) is 11.8 Å². The summed E-state index contributed by atoms with van der Waals surface area (Å²) < 4.78 is 34.5. The fraction of sp³-hybridized carbons (Fsp3) is 0.310. The number of hydrogen-bond donors (Lipinski definition) is 1. The molecule has 0 fully saturated rings. The predicted octanol–water partition coefficient (Wildman–Crippen LogP) is 5.36. The summed E-state index contributed by atoms with van der Waals surface area (Å²) in [4.78, 5) is 39.0. The van der Waals surface area contributed by atoms with E-state index in [9.17, 15) is 28.1 Å². The van der Waals surface area contributed by atoms with Crippen LogP contribution >= 0.6 is 23.2 Å². The van der Waals surface area contributed by atoms with Crippen LogP contribution < -0.4 is 14.4 Å². The van der Waals surface area contributed by atoms with Crippen LogP contribution in [0, 0.1) is 17.0 Å². The van der Waals surface area contributed by atoms with E-state index in [2.05, 4.69) is 5.32 Å². The van der Waals surface area contributed by atoms with Crippen LogP contribution in [0.25, 0.3) is 0 Å². The van der Waals surface area contributed by atoms with Crippen molar-refractivity contribution in [2.24, 2.45) is 0 Å². The SMILES string of the molecule is CCNC(=O)[C@H](CC)N(Cc1ccccc1Cl)C(=O)CN(c1cc(Cl)ccc1OC)S(=O)(=O)c1ccc(C)c([N+](=O)[O-])c1. The number of methoxy groups -OCH3 is 1. The van der Waals surface area contributed by atoms with E-state index in [0.29, 0.717) is 17.1 Å². The van der Waals surface area contributed by atoms with Crippen molar-refractivity contribution in [3.63, 3.8) is 0 Å². The molecular formula is C29H32Cl2N4O7S. The molecule has 0 heterocycles. The number of carbonyl (C=O) groups excluding carboxylic acids is 2. The highest BCUT2D eigenvalue weighted by Gasteiger charge is 2.35. The summed E-state index contributed by atoms with van der Waals surface area (Å²) in [6.07, 6.45) is 0.222. The number of anilines is 1. The molecule has 0 bridgehead atoms. The van der Waals surface area contributed by atoms with Crippen LogP contribution in [-0.2, 0) is 26.2 Å². The molecular weight excluding hydrogens is 619 g/mol. The van der Waals surface area contributed by atoms with Gasteiger partial charge >= 0.3 is 0 Å². The first-order valence-corrected chi connectivity index (χ1v) is 15.5. The van der Waals surface area contributed by atoms with Crippen molar-refractivity contribution in [2.75, 3.05) is 24.5 Å². The van der Waals surface area contributed by atoms with Crippen LogP contribution in [0.1, 0.15) is 31.4 Å². The average molecular weight is 652 g/mol. The van der Waals surface area contributed by atoms with Crippen LogP contribution in [-0.4, -0.2) is 56.3 Å². The third-order valence-corrected chi connectivity index (χ3v) is 9.05. The number of likely N-dealkylation sites (N-methyl/N-ethyl adjacent to an activating group) is 1. The highest BCUT2D eigenvalue weighted by Crippen LogP contribution is 2.36. The third-order valence-electron chi connectivity index (χ3n) is 6.69. The van der Waals surface area contributed by atoms with E-state index in [-0.39, 0.29) is 35.0 Å². The van der Waals surface area contributed by atoms with Crippen LogP contribution in [0.3, 0.4) is 0 Å². The number of nitrogens with zero attached hydrogens (tertiary/aromatic N) is 3. The second-order valence-electron chi connectivity index (χ2n) is 9.46. The first-order valence-electron chi connectivity index (χ1n) is 13.3. The zero-order chi connectivity index (χ0) is 31.9. The Morgan fingerprint density at radius 1 is 1.07 bits per heavy atom. The van der Waals surface area contributed by atoms with Gasteiger partial charge in [-0.05, 0) is 56.2 Å². The predicted molar refractivity (Wildman–Crippen MR) is 165 cm³/mol. The van der Waals surface area contributed by atoms with Crippen LogP contribution in [0.2, 0.25) is 10.0 Å². The maximum Gasteiger partial charge on any atom is 0.273 e. The number of aryl methyl sites for hydroxylation is 1. The number of nitrogens with one attached hydrogen (secondary N) is 1. The van der Waals surface area contributed by atoms with Crippen LogP contribution in [0.5, 0.6) is 5.75 Å². The molecule has 1 atom stereocenters. The van der Waals surface area contributed by atoms with Crippen molar-refractivity contribution >= 4 is 56.4 Å². The summed E-state index contributed by atoms with van der Waals surface area (Å²) in [5.74, 6) is -1.07. The van der Waals surface area contributed by atoms with Gasteiger partial charge in [0.15, 0.2) is 0 Å². The van der Waals surface area contributed by atoms with E-state index in [4.69, 9.17) is 27.9 Å². The number of nitro benzene ring substituents is 1. The Hall–Kier alpha value is -3.87. The van der Waals surface area contributed by atoms with Crippen molar-refractivity contribution in [1.29, 1.82) is 0 Å². The lowest BCUT2D eigenvalue weighted by Crippen LogP contribution is -2.52. The molecule has 0 aliphatic heterocycles. The minimum atomic E-state index is -4.63. The summed E-state index contributed by atoms with van der Waals surface area (Å²) >= 11 is 12.6. The Morgan fingerprint density at radius 2 is 1.77 bits per heavy atom. The number of hydrogen-bond acceptors (Lipinski definition) is 7.